The van der Waals surface area contributed by atoms with E-state index in [1.165, 1.54) is 13.2 Å². The molecule has 4 nitrogen and oxygen atoms in total. The molecule has 112 valence electrons. The number of rotatable bonds is 6. The van der Waals surface area contributed by atoms with Gasteiger partial charge in [0, 0.05) is 24.2 Å². The Labute approximate surface area is 126 Å². The van der Waals surface area contributed by atoms with Crippen molar-refractivity contribution >= 4 is 11.9 Å². The van der Waals surface area contributed by atoms with Crippen LogP contribution in [0.5, 0.6) is 0 Å². The lowest BCUT2D eigenvalue weighted by Gasteiger charge is -2.21. The van der Waals surface area contributed by atoms with Gasteiger partial charge in [-0.2, -0.15) is 0 Å². The number of ether oxygens (including phenoxy) is 1. The van der Waals surface area contributed by atoms with Crippen LogP contribution in [0, 0.1) is 12.3 Å². The first-order valence-electron chi connectivity index (χ1n) is 7.06. The van der Waals surface area contributed by atoms with Crippen LogP contribution in [-0.2, 0) is 4.74 Å². The van der Waals surface area contributed by atoms with E-state index in [0.717, 1.165) is 12.8 Å². The molecule has 1 rings (SSSR count). The Morgan fingerprint density at radius 3 is 2.19 bits per heavy atom. The smallest absolute Gasteiger partial charge is 0.337 e. The van der Waals surface area contributed by atoms with Gasteiger partial charge in [0.1, 0.15) is 0 Å². The Kier molecular flexibility index (Phi) is 6.48. The van der Waals surface area contributed by atoms with Crippen LogP contribution in [0.3, 0.4) is 0 Å². The summed E-state index contributed by atoms with van der Waals surface area (Å²) in [6.45, 7) is 5.41. The molecule has 0 aliphatic carbocycles. The molecule has 21 heavy (non-hydrogen) atoms. The molecule has 0 spiro atoms. The molecule has 1 aromatic carbocycles. The molecule has 0 fully saturated rings. The Hall–Kier alpha value is -2.28. The van der Waals surface area contributed by atoms with Crippen molar-refractivity contribution in [2.75, 3.05) is 20.2 Å². The lowest BCUT2D eigenvalue weighted by molar-refractivity contribution is 0.0600. The molecule has 0 unspecified atom stereocenters. The average molecular weight is 287 g/mol. The fraction of sp³-hybridized carbons (Fsp3) is 0.412. The van der Waals surface area contributed by atoms with Gasteiger partial charge in [0.05, 0.1) is 12.7 Å². The molecule has 4 heteroatoms. The molecule has 0 saturated heterocycles. The van der Waals surface area contributed by atoms with Crippen molar-refractivity contribution < 1.29 is 14.3 Å². The summed E-state index contributed by atoms with van der Waals surface area (Å²) in [5, 5.41) is 0. The van der Waals surface area contributed by atoms with Gasteiger partial charge in [-0.3, -0.25) is 4.79 Å². The Morgan fingerprint density at radius 1 is 1.14 bits per heavy atom. The number of benzene rings is 1. The van der Waals surface area contributed by atoms with Gasteiger partial charge in [-0.25, -0.2) is 4.79 Å². The molecule has 0 bridgehead atoms. The van der Waals surface area contributed by atoms with Gasteiger partial charge in [-0.1, -0.05) is 19.8 Å². The quantitative estimate of drug-likeness (QED) is 0.597. The lowest BCUT2D eigenvalue weighted by Crippen LogP contribution is -2.32. The molecule has 1 amide bonds. The maximum Gasteiger partial charge on any atom is 0.337 e. The summed E-state index contributed by atoms with van der Waals surface area (Å²) >= 11 is 0. The van der Waals surface area contributed by atoms with E-state index in [-0.39, 0.29) is 5.91 Å². The Morgan fingerprint density at radius 2 is 1.71 bits per heavy atom. The van der Waals surface area contributed by atoms with Crippen LogP contribution in [0.4, 0.5) is 0 Å². The van der Waals surface area contributed by atoms with E-state index in [9.17, 15) is 9.59 Å². The number of terminal acetylenes is 1. The maximum absolute atomic E-state index is 12.6. The number of methoxy groups -OCH3 is 1. The summed E-state index contributed by atoms with van der Waals surface area (Å²) in [7, 11) is 1.30. The number of nitrogens with zero attached hydrogens (tertiary/aromatic N) is 1. The fourth-order valence-corrected chi connectivity index (χ4v) is 2.11. The van der Waals surface area contributed by atoms with E-state index in [0.29, 0.717) is 29.8 Å². The van der Waals surface area contributed by atoms with Gasteiger partial charge in [-0.15, -0.1) is 6.42 Å². The first kappa shape index (κ1) is 16.8. The van der Waals surface area contributed by atoms with Crippen molar-refractivity contribution in [3.63, 3.8) is 0 Å². The van der Waals surface area contributed by atoms with Crippen LogP contribution >= 0.6 is 0 Å². The number of carbonyl (C=O) groups excluding carboxylic acids is 2. The molecule has 0 N–H and O–H groups in total. The molecule has 0 aliphatic heterocycles. The van der Waals surface area contributed by atoms with Gasteiger partial charge in [0.25, 0.3) is 5.91 Å². The first-order chi connectivity index (χ1) is 10.1. The number of esters is 1. The zero-order chi connectivity index (χ0) is 15.8. The number of hydrogen-bond donors (Lipinski definition) is 0. The topological polar surface area (TPSA) is 46.6 Å². The van der Waals surface area contributed by atoms with Crippen molar-refractivity contribution in [2.45, 2.75) is 26.7 Å². The second-order valence-corrected chi connectivity index (χ2v) is 4.73. The predicted molar refractivity (Wildman–Crippen MR) is 82.2 cm³/mol. The average Bonchev–Trinajstić information content (AvgIpc) is 2.52. The SMILES string of the molecule is C#Cc1cc(C(=O)OC)cc(C(=O)N(CCC)CCC)c1. The standard InChI is InChI=1S/C17H21NO3/c1-5-8-18(9-6-2)16(19)14-10-13(7-3)11-15(12-14)17(20)21-4/h3,10-12H,5-6,8-9H2,1-2,4H3. The van der Waals surface area contributed by atoms with Crippen molar-refractivity contribution in [3.05, 3.63) is 34.9 Å². The largest absolute Gasteiger partial charge is 0.465 e. The van der Waals surface area contributed by atoms with Gasteiger partial charge in [0.15, 0.2) is 0 Å². The van der Waals surface area contributed by atoms with Crippen LogP contribution in [0.1, 0.15) is 53.0 Å². The van der Waals surface area contributed by atoms with Crippen molar-refractivity contribution in [2.24, 2.45) is 0 Å². The Bertz CT molecular complexity index is 552. The normalized spacial score (nSPS) is 9.81. The van der Waals surface area contributed by atoms with Crippen LogP contribution in [0.15, 0.2) is 18.2 Å². The Balaban J connectivity index is 3.18. The van der Waals surface area contributed by atoms with Crippen molar-refractivity contribution in [1.82, 2.24) is 4.90 Å². The zero-order valence-corrected chi connectivity index (χ0v) is 12.8. The predicted octanol–water partition coefficient (Wildman–Crippen LogP) is 2.72. The first-order valence-corrected chi connectivity index (χ1v) is 7.06. The van der Waals surface area contributed by atoms with E-state index in [4.69, 9.17) is 11.2 Å². The van der Waals surface area contributed by atoms with Crippen LogP contribution in [0.25, 0.3) is 0 Å². The molecule has 0 atom stereocenters. The van der Waals surface area contributed by atoms with E-state index >= 15 is 0 Å². The third-order valence-electron chi connectivity index (χ3n) is 3.04. The number of carbonyl (C=O) groups is 2. The molecule has 0 aromatic heterocycles. The summed E-state index contributed by atoms with van der Waals surface area (Å²) in [6, 6.07) is 4.72. The van der Waals surface area contributed by atoms with Gasteiger partial charge in [0.2, 0.25) is 0 Å². The van der Waals surface area contributed by atoms with Gasteiger partial charge < -0.3 is 9.64 Å². The van der Waals surface area contributed by atoms with E-state index < -0.39 is 5.97 Å². The molecule has 0 aliphatic rings. The highest BCUT2D eigenvalue weighted by atomic mass is 16.5. The van der Waals surface area contributed by atoms with Crippen LogP contribution < -0.4 is 0 Å². The molecule has 0 radical (unpaired) electrons. The minimum atomic E-state index is -0.501. The zero-order valence-electron chi connectivity index (χ0n) is 12.8. The highest BCUT2D eigenvalue weighted by Gasteiger charge is 2.17. The summed E-state index contributed by atoms with van der Waals surface area (Å²) in [5.41, 5.74) is 1.21. The second kappa shape index (κ2) is 8.11. The summed E-state index contributed by atoms with van der Waals surface area (Å²) < 4.78 is 4.69. The fourth-order valence-electron chi connectivity index (χ4n) is 2.11. The lowest BCUT2D eigenvalue weighted by atomic mass is 10.0. The molecule has 1 aromatic rings. The molecule has 0 heterocycles. The molecular weight excluding hydrogens is 266 g/mol. The van der Waals surface area contributed by atoms with Crippen LogP contribution in [0.2, 0.25) is 0 Å². The summed E-state index contributed by atoms with van der Waals surface area (Å²) in [4.78, 5) is 26.0. The minimum Gasteiger partial charge on any atom is -0.465 e. The minimum absolute atomic E-state index is 0.110. The number of hydrogen-bond acceptors (Lipinski definition) is 3. The van der Waals surface area contributed by atoms with Crippen molar-refractivity contribution in [1.29, 1.82) is 0 Å². The highest BCUT2D eigenvalue weighted by Crippen LogP contribution is 2.14. The summed E-state index contributed by atoms with van der Waals surface area (Å²) in [6.07, 6.45) is 7.15. The summed E-state index contributed by atoms with van der Waals surface area (Å²) in [5.74, 6) is 1.85. The highest BCUT2D eigenvalue weighted by molar-refractivity contribution is 5.98. The maximum atomic E-state index is 12.6. The third-order valence-corrected chi connectivity index (χ3v) is 3.04. The number of amides is 1. The monoisotopic (exact) mass is 287 g/mol. The molecule has 0 saturated carbocycles. The van der Waals surface area contributed by atoms with Gasteiger partial charge >= 0.3 is 5.97 Å². The third kappa shape index (κ3) is 4.35. The van der Waals surface area contributed by atoms with Crippen LogP contribution in [-0.4, -0.2) is 37.0 Å². The van der Waals surface area contributed by atoms with E-state index in [1.807, 2.05) is 13.8 Å². The van der Waals surface area contributed by atoms with Gasteiger partial charge in [-0.05, 0) is 31.0 Å². The molecular formula is C17H21NO3. The second-order valence-electron chi connectivity index (χ2n) is 4.73. The van der Waals surface area contributed by atoms with Crippen molar-refractivity contribution in [3.8, 4) is 12.3 Å². The van der Waals surface area contributed by atoms with E-state index in [1.54, 1.807) is 17.0 Å². The van der Waals surface area contributed by atoms with E-state index in [2.05, 4.69) is 5.92 Å².